The van der Waals surface area contributed by atoms with Crippen LogP contribution in [0.15, 0.2) is 36.4 Å². The molecule has 6 nitrogen and oxygen atoms in total. The molecule has 0 spiro atoms. The van der Waals surface area contributed by atoms with Gasteiger partial charge in [-0.2, -0.15) is 0 Å². The molecule has 1 aliphatic heterocycles. The number of rotatable bonds is 5. The molecule has 3 heterocycles. The normalized spacial score (nSPS) is 18.9. The Labute approximate surface area is 171 Å². The zero-order chi connectivity index (χ0) is 19.5. The lowest BCUT2D eigenvalue weighted by atomic mass is 9.95. The van der Waals surface area contributed by atoms with Crippen molar-refractivity contribution in [1.29, 1.82) is 0 Å². The first kappa shape index (κ1) is 18.6. The molecule has 3 aromatic rings. The van der Waals surface area contributed by atoms with Gasteiger partial charge < -0.3 is 15.0 Å². The van der Waals surface area contributed by atoms with Gasteiger partial charge >= 0.3 is 0 Å². The minimum atomic E-state index is 0.503. The van der Waals surface area contributed by atoms with E-state index in [9.17, 15) is 0 Å². The van der Waals surface area contributed by atoms with Crippen molar-refractivity contribution in [1.82, 2.24) is 19.9 Å². The van der Waals surface area contributed by atoms with Crippen LogP contribution in [0.3, 0.4) is 0 Å². The average Bonchev–Trinajstić information content (AvgIpc) is 3.18. The van der Waals surface area contributed by atoms with E-state index in [4.69, 9.17) is 14.7 Å². The fourth-order valence-corrected chi connectivity index (χ4v) is 4.42. The van der Waals surface area contributed by atoms with Crippen molar-refractivity contribution in [3.05, 3.63) is 42.1 Å². The molecule has 5 rings (SSSR count). The van der Waals surface area contributed by atoms with Crippen LogP contribution in [-0.4, -0.2) is 52.2 Å². The zero-order valence-corrected chi connectivity index (χ0v) is 16.9. The highest BCUT2D eigenvalue weighted by Gasteiger charge is 2.19. The van der Waals surface area contributed by atoms with Crippen LogP contribution in [0, 0.1) is 0 Å². The third-order valence-electron chi connectivity index (χ3n) is 6.02. The Bertz CT molecular complexity index is 943. The molecule has 0 radical (unpaired) electrons. The van der Waals surface area contributed by atoms with Crippen LogP contribution in [0.5, 0.6) is 0 Å². The summed E-state index contributed by atoms with van der Waals surface area (Å²) in [7, 11) is 0. The second-order valence-corrected chi connectivity index (χ2v) is 8.19. The summed E-state index contributed by atoms with van der Waals surface area (Å²) in [5.74, 6) is 1.74. The van der Waals surface area contributed by atoms with Crippen molar-refractivity contribution in [2.45, 2.75) is 44.7 Å². The van der Waals surface area contributed by atoms with Gasteiger partial charge in [0, 0.05) is 36.9 Å². The van der Waals surface area contributed by atoms with Gasteiger partial charge in [0.05, 0.1) is 18.6 Å². The van der Waals surface area contributed by atoms with Crippen LogP contribution in [-0.2, 0) is 11.3 Å². The SMILES string of the molecule is c1ccc(-c2nc(NC3CCCCC3)c3cc(CN4CCOCC4)[nH]c3n2)cc1. The van der Waals surface area contributed by atoms with E-state index in [-0.39, 0.29) is 0 Å². The Hall–Kier alpha value is -2.44. The lowest BCUT2D eigenvalue weighted by molar-refractivity contribution is 0.0337. The molecule has 29 heavy (non-hydrogen) atoms. The maximum Gasteiger partial charge on any atom is 0.163 e. The predicted octanol–water partition coefficient (Wildman–Crippen LogP) is 4.20. The third-order valence-corrected chi connectivity index (χ3v) is 6.02. The number of fused-ring (bicyclic) bond motifs is 1. The van der Waals surface area contributed by atoms with Crippen molar-refractivity contribution in [2.75, 3.05) is 31.6 Å². The van der Waals surface area contributed by atoms with Crippen LogP contribution in [0.1, 0.15) is 37.8 Å². The number of aromatic nitrogens is 3. The van der Waals surface area contributed by atoms with Gasteiger partial charge in [-0.1, -0.05) is 49.6 Å². The van der Waals surface area contributed by atoms with Crippen LogP contribution >= 0.6 is 0 Å². The third kappa shape index (κ3) is 4.28. The largest absolute Gasteiger partial charge is 0.379 e. The molecular formula is C23H29N5O. The van der Waals surface area contributed by atoms with E-state index in [0.29, 0.717) is 6.04 Å². The van der Waals surface area contributed by atoms with E-state index in [1.165, 1.54) is 37.8 Å². The number of nitrogens with one attached hydrogen (secondary N) is 2. The molecule has 1 saturated carbocycles. The standard InChI is InChI=1S/C23H29N5O/c1-3-7-17(8-4-1)21-26-22(24-18-9-5-2-6-10-18)20-15-19(25-23(20)27-21)16-28-11-13-29-14-12-28/h1,3-4,7-8,15,18H,2,5-6,9-14,16H2,(H2,24,25,26,27). The molecule has 0 amide bonds. The first-order valence-corrected chi connectivity index (χ1v) is 10.9. The summed E-state index contributed by atoms with van der Waals surface area (Å²) >= 11 is 0. The lowest BCUT2D eigenvalue weighted by Crippen LogP contribution is -2.35. The second kappa shape index (κ2) is 8.51. The summed E-state index contributed by atoms with van der Waals surface area (Å²) in [4.78, 5) is 15.8. The molecule has 2 fully saturated rings. The van der Waals surface area contributed by atoms with Gasteiger partial charge in [0.25, 0.3) is 0 Å². The number of benzene rings is 1. The highest BCUT2D eigenvalue weighted by molar-refractivity contribution is 5.89. The number of anilines is 1. The average molecular weight is 392 g/mol. The Balaban J connectivity index is 1.49. The van der Waals surface area contributed by atoms with Gasteiger partial charge in [0.1, 0.15) is 11.5 Å². The summed E-state index contributed by atoms with van der Waals surface area (Å²) in [6.07, 6.45) is 6.38. The quantitative estimate of drug-likeness (QED) is 0.682. The molecule has 0 unspecified atom stereocenters. The molecule has 2 aromatic heterocycles. The van der Waals surface area contributed by atoms with Gasteiger partial charge in [-0.15, -0.1) is 0 Å². The smallest absolute Gasteiger partial charge is 0.163 e. The lowest BCUT2D eigenvalue weighted by Gasteiger charge is -2.25. The number of hydrogen-bond donors (Lipinski definition) is 2. The molecular weight excluding hydrogens is 362 g/mol. The van der Waals surface area contributed by atoms with Crippen molar-refractivity contribution < 1.29 is 4.74 Å². The Morgan fingerprint density at radius 3 is 2.62 bits per heavy atom. The number of morpholine rings is 1. The summed E-state index contributed by atoms with van der Waals surface area (Å²) in [6.45, 7) is 4.47. The number of hydrogen-bond acceptors (Lipinski definition) is 5. The molecule has 2 aliphatic rings. The van der Waals surface area contributed by atoms with Gasteiger partial charge in [-0.25, -0.2) is 9.97 Å². The van der Waals surface area contributed by atoms with E-state index in [1.807, 2.05) is 18.2 Å². The molecule has 0 bridgehead atoms. The topological polar surface area (TPSA) is 66.1 Å². The molecule has 1 aromatic carbocycles. The predicted molar refractivity (Wildman–Crippen MR) is 116 cm³/mol. The number of ether oxygens (including phenoxy) is 1. The highest BCUT2D eigenvalue weighted by Crippen LogP contribution is 2.29. The maximum absolute atomic E-state index is 5.48. The number of H-pyrrole nitrogens is 1. The Kier molecular flexibility index (Phi) is 5.45. The molecule has 152 valence electrons. The van der Waals surface area contributed by atoms with Crippen molar-refractivity contribution in [2.24, 2.45) is 0 Å². The van der Waals surface area contributed by atoms with E-state index < -0.39 is 0 Å². The minimum Gasteiger partial charge on any atom is -0.379 e. The monoisotopic (exact) mass is 391 g/mol. The minimum absolute atomic E-state index is 0.503. The van der Waals surface area contributed by atoms with E-state index in [0.717, 1.165) is 61.1 Å². The van der Waals surface area contributed by atoms with Crippen LogP contribution in [0.2, 0.25) is 0 Å². The fraction of sp³-hybridized carbons (Fsp3) is 0.478. The summed E-state index contributed by atoms with van der Waals surface area (Å²) < 4.78 is 5.48. The summed E-state index contributed by atoms with van der Waals surface area (Å²) in [5, 5.41) is 4.84. The number of nitrogens with zero attached hydrogens (tertiary/aromatic N) is 3. The molecule has 0 atom stereocenters. The number of aromatic amines is 1. The van der Waals surface area contributed by atoms with E-state index >= 15 is 0 Å². The van der Waals surface area contributed by atoms with Crippen molar-refractivity contribution in [3.8, 4) is 11.4 Å². The van der Waals surface area contributed by atoms with Gasteiger partial charge in [0.2, 0.25) is 0 Å². The Morgan fingerprint density at radius 1 is 1.03 bits per heavy atom. The maximum atomic E-state index is 5.48. The van der Waals surface area contributed by atoms with Gasteiger partial charge in [-0.05, 0) is 18.9 Å². The molecule has 1 saturated heterocycles. The first-order valence-electron chi connectivity index (χ1n) is 10.9. The van der Waals surface area contributed by atoms with Crippen LogP contribution in [0.4, 0.5) is 5.82 Å². The summed E-state index contributed by atoms with van der Waals surface area (Å²) in [6, 6.07) is 13.0. The fourth-order valence-electron chi connectivity index (χ4n) is 4.42. The van der Waals surface area contributed by atoms with Crippen LogP contribution < -0.4 is 5.32 Å². The Morgan fingerprint density at radius 2 is 1.83 bits per heavy atom. The van der Waals surface area contributed by atoms with Crippen molar-refractivity contribution in [3.63, 3.8) is 0 Å². The van der Waals surface area contributed by atoms with E-state index in [1.54, 1.807) is 0 Å². The molecule has 2 N–H and O–H groups in total. The molecule has 1 aliphatic carbocycles. The summed E-state index contributed by atoms with van der Waals surface area (Å²) in [5.41, 5.74) is 3.15. The van der Waals surface area contributed by atoms with Gasteiger partial charge in [-0.3, -0.25) is 4.90 Å². The zero-order valence-electron chi connectivity index (χ0n) is 16.9. The second-order valence-electron chi connectivity index (χ2n) is 8.19. The first-order chi connectivity index (χ1) is 14.3. The van der Waals surface area contributed by atoms with Gasteiger partial charge in [0.15, 0.2) is 5.82 Å². The van der Waals surface area contributed by atoms with E-state index in [2.05, 4.69) is 33.4 Å². The highest BCUT2D eigenvalue weighted by atomic mass is 16.5. The molecule has 6 heteroatoms. The van der Waals surface area contributed by atoms with Crippen LogP contribution in [0.25, 0.3) is 22.4 Å². The van der Waals surface area contributed by atoms with Crippen molar-refractivity contribution >= 4 is 16.9 Å².